The van der Waals surface area contributed by atoms with Gasteiger partial charge in [0.15, 0.2) is 0 Å². The maximum atomic E-state index is 11.3. The minimum Gasteiger partial charge on any atom is -0.271 e. The summed E-state index contributed by atoms with van der Waals surface area (Å²) >= 11 is 0. The van der Waals surface area contributed by atoms with Gasteiger partial charge in [-0.05, 0) is 31.6 Å². The number of hydrogen-bond donors (Lipinski definition) is 2. The molecule has 16 heavy (non-hydrogen) atoms. The van der Waals surface area contributed by atoms with Crippen LogP contribution < -0.4 is 11.3 Å². The molecule has 0 aromatic rings. The summed E-state index contributed by atoms with van der Waals surface area (Å²) in [5.41, 5.74) is 2.77. The summed E-state index contributed by atoms with van der Waals surface area (Å²) < 4.78 is 22.6. The molecule has 4 nitrogen and oxygen atoms in total. The van der Waals surface area contributed by atoms with Gasteiger partial charge in [0.2, 0.25) is 0 Å². The quantitative estimate of drug-likeness (QED) is 0.480. The van der Waals surface area contributed by atoms with Crippen molar-refractivity contribution in [3.63, 3.8) is 0 Å². The molecular weight excluding hydrogens is 224 g/mol. The van der Waals surface area contributed by atoms with Gasteiger partial charge in [0, 0.05) is 11.8 Å². The molecule has 5 heteroatoms. The van der Waals surface area contributed by atoms with Crippen LogP contribution in [0.25, 0.3) is 0 Å². The first-order chi connectivity index (χ1) is 7.41. The topological polar surface area (TPSA) is 72.2 Å². The maximum absolute atomic E-state index is 11.3. The minimum atomic E-state index is -2.82. The fourth-order valence-electron chi connectivity index (χ4n) is 1.54. The summed E-state index contributed by atoms with van der Waals surface area (Å²) in [6, 6.07) is 0.245. The van der Waals surface area contributed by atoms with Gasteiger partial charge < -0.3 is 0 Å². The molecule has 0 radical (unpaired) electrons. The van der Waals surface area contributed by atoms with E-state index in [-0.39, 0.29) is 17.5 Å². The summed E-state index contributed by atoms with van der Waals surface area (Å²) in [6.07, 6.45) is 3.67. The molecule has 0 saturated heterocycles. The van der Waals surface area contributed by atoms with Crippen LogP contribution in [0.15, 0.2) is 0 Å². The highest BCUT2D eigenvalue weighted by Crippen LogP contribution is 2.11. The normalized spacial score (nSPS) is 14.3. The monoisotopic (exact) mass is 250 g/mol. The maximum Gasteiger partial charge on any atom is 0.150 e. The molecule has 0 aromatic carbocycles. The molecule has 0 rings (SSSR count). The molecule has 0 amide bonds. The van der Waals surface area contributed by atoms with E-state index >= 15 is 0 Å². The number of sulfone groups is 1. The Labute approximate surface area is 99.9 Å². The lowest BCUT2D eigenvalue weighted by Gasteiger charge is -2.16. The van der Waals surface area contributed by atoms with Gasteiger partial charge in [0.25, 0.3) is 0 Å². The van der Waals surface area contributed by atoms with Gasteiger partial charge >= 0.3 is 0 Å². The van der Waals surface area contributed by atoms with Crippen LogP contribution in [-0.4, -0.2) is 26.0 Å². The zero-order chi connectivity index (χ0) is 12.6. The smallest absolute Gasteiger partial charge is 0.150 e. The molecule has 1 atom stereocenters. The van der Waals surface area contributed by atoms with Crippen LogP contribution in [0.1, 0.15) is 46.5 Å². The largest absolute Gasteiger partial charge is 0.271 e. The minimum absolute atomic E-state index is 0.236. The summed E-state index contributed by atoms with van der Waals surface area (Å²) in [4.78, 5) is 0. The Morgan fingerprint density at radius 3 is 2.25 bits per heavy atom. The van der Waals surface area contributed by atoms with Crippen molar-refractivity contribution in [1.82, 2.24) is 5.43 Å². The molecule has 1 unspecified atom stereocenters. The lowest BCUT2D eigenvalue weighted by molar-refractivity contribution is 0.413. The van der Waals surface area contributed by atoms with E-state index in [1.54, 1.807) is 6.92 Å². The third kappa shape index (κ3) is 8.07. The first-order valence-corrected chi connectivity index (χ1v) is 7.90. The van der Waals surface area contributed by atoms with Crippen LogP contribution in [0, 0.1) is 5.92 Å². The number of rotatable bonds is 9. The van der Waals surface area contributed by atoms with Crippen molar-refractivity contribution < 1.29 is 8.42 Å². The number of hydrazine groups is 1. The Balaban J connectivity index is 3.79. The van der Waals surface area contributed by atoms with E-state index in [1.807, 2.05) is 0 Å². The van der Waals surface area contributed by atoms with Crippen molar-refractivity contribution in [2.45, 2.75) is 52.5 Å². The molecule has 0 aromatic heterocycles. The van der Waals surface area contributed by atoms with Crippen LogP contribution in [0.5, 0.6) is 0 Å². The fraction of sp³-hybridized carbons (Fsp3) is 1.00. The van der Waals surface area contributed by atoms with E-state index in [1.165, 1.54) is 0 Å². The zero-order valence-electron chi connectivity index (χ0n) is 10.7. The van der Waals surface area contributed by atoms with Gasteiger partial charge in [0.05, 0.1) is 5.75 Å². The van der Waals surface area contributed by atoms with Crippen LogP contribution in [0.2, 0.25) is 0 Å². The number of nitrogens with two attached hydrogens (primary N) is 1. The molecule has 0 aliphatic carbocycles. The number of nitrogens with one attached hydrogen (secondary N) is 1. The van der Waals surface area contributed by atoms with Crippen molar-refractivity contribution in [1.29, 1.82) is 0 Å². The summed E-state index contributed by atoms with van der Waals surface area (Å²) in [6.45, 7) is 6.04. The second kappa shape index (κ2) is 8.03. The first kappa shape index (κ1) is 15.9. The molecule has 0 heterocycles. The molecule has 98 valence electrons. The summed E-state index contributed by atoms with van der Waals surface area (Å²) in [7, 11) is -2.82. The molecule has 0 saturated carbocycles. The highest BCUT2D eigenvalue weighted by atomic mass is 32.2. The average Bonchev–Trinajstić information content (AvgIpc) is 2.22. The van der Waals surface area contributed by atoms with Crippen LogP contribution in [0.3, 0.4) is 0 Å². The Morgan fingerprint density at radius 1 is 1.19 bits per heavy atom. The third-order valence-corrected chi connectivity index (χ3v) is 4.57. The lowest BCUT2D eigenvalue weighted by Crippen LogP contribution is -2.35. The predicted molar refractivity (Wildman–Crippen MR) is 68.7 cm³/mol. The van der Waals surface area contributed by atoms with Gasteiger partial charge in [0.1, 0.15) is 9.84 Å². The zero-order valence-corrected chi connectivity index (χ0v) is 11.5. The molecule has 0 bridgehead atoms. The van der Waals surface area contributed by atoms with E-state index < -0.39 is 9.84 Å². The van der Waals surface area contributed by atoms with E-state index in [9.17, 15) is 8.42 Å². The highest BCUT2D eigenvalue weighted by molar-refractivity contribution is 7.91. The second-order valence-corrected chi connectivity index (χ2v) is 7.19. The fourth-order valence-corrected chi connectivity index (χ4v) is 2.43. The Morgan fingerprint density at radius 2 is 1.81 bits per heavy atom. The second-order valence-electron chi connectivity index (χ2n) is 4.71. The molecule has 3 N–H and O–H groups in total. The van der Waals surface area contributed by atoms with Crippen LogP contribution >= 0.6 is 0 Å². The van der Waals surface area contributed by atoms with Gasteiger partial charge in [-0.2, -0.15) is 0 Å². The standard InChI is InChI=1S/C11H26N2O2S/c1-4-16(14,15)9-5-6-11(13-12)8-7-10(2)3/h10-11,13H,4-9,12H2,1-3H3. The average molecular weight is 250 g/mol. The Kier molecular flexibility index (Phi) is 7.97. The van der Waals surface area contributed by atoms with Crippen molar-refractivity contribution in [2.24, 2.45) is 11.8 Å². The molecule has 0 fully saturated rings. The van der Waals surface area contributed by atoms with Crippen LogP contribution in [0.4, 0.5) is 0 Å². The van der Waals surface area contributed by atoms with Gasteiger partial charge in [-0.1, -0.05) is 20.8 Å². The van der Waals surface area contributed by atoms with Gasteiger partial charge in [-0.15, -0.1) is 0 Å². The Hall–Kier alpha value is -0.130. The van der Waals surface area contributed by atoms with Crippen molar-refractivity contribution >= 4 is 9.84 Å². The molecular formula is C11H26N2O2S. The lowest BCUT2D eigenvalue weighted by atomic mass is 10.0. The molecule has 0 aliphatic heterocycles. The van der Waals surface area contributed by atoms with Crippen molar-refractivity contribution in [3.05, 3.63) is 0 Å². The Bertz CT molecular complexity index is 263. The predicted octanol–water partition coefficient (Wildman–Crippen LogP) is 1.47. The van der Waals surface area contributed by atoms with Crippen LogP contribution in [-0.2, 0) is 9.84 Å². The van der Waals surface area contributed by atoms with E-state index in [4.69, 9.17) is 5.84 Å². The number of hydrogen-bond acceptors (Lipinski definition) is 4. The first-order valence-electron chi connectivity index (χ1n) is 6.07. The van der Waals surface area contributed by atoms with E-state index in [0.29, 0.717) is 12.3 Å². The SMILES string of the molecule is CCS(=O)(=O)CCCC(CCC(C)C)NN. The summed E-state index contributed by atoms with van der Waals surface area (Å²) in [5.74, 6) is 6.62. The summed E-state index contributed by atoms with van der Waals surface area (Å²) in [5, 5.41) is 0. The van der Waals surface area contributed by atoms with Gasteiger partial charge in [-0.25, -0.2) is 8.42 Å². The van der Waals surface area contributed by atoms with Crippen molar-refractivity contribution in [2.75, 3.05) is 11.5 Å². The van der Waals surface area contributed by atoms with Gasteiger partial charge in [-0.3, -0.25) is 11.3 Å². The molecule has 0 aliphatic rings. The van der Waals surface area contributed by atoms with E-state index in [2.05, 4.69) is 19.3 Å². The third-order valence-electron chi connectivity index (χ3n) is 2.78. The molecule has 0 spiro atoms. The highest BCUT2D eigenvalue weighted by Gasteiger charge is 2.11. The van der Waals surface area contributed by atoms with Crippen molar-refractivity contribution in [3.8, 4) is 0 Å². The van der Waals surface area contributed by atoms with E-state index in [0.717, 1.165) is 19.3 Å².